The molecule has 0 aliphatic carbocycles. The van der Waals surface area contributed by atoms with E-state index in [1.165, 1.54) is 0 Å². The van der Waals surface area contributed by atoms with Crippen LogP contribution in [0.4, 0.5) is 5.69 Å². The van der Waals surface area contributed by atoms with Crippen LogP contribution in [-0.4, -0.2) is 23.0 Å². The summed E-state index contributed by atoms with van der Waals surface area (Å²) in [6.07, 6.45) is -0.389. The van der Waals surface area contributed by atoms with Crippen molar-refractivity contribution in [2.45, 2.75) is 25.7 Å². The smallest absolute Gasteiger partial charge is 0.305 e. The Labute approximate surface area is 104 Å². The molecule has 6 heteroatoms. The predicted molar refractivity (Wildman–Crippen MR) is 63.8 cm³/mol. The van der Waals surface area contributed by atoms with Crippen LogP contribution in [0.2, 0.25) is 0 Å². The van der Waals surface area contributed by atoms with Crippen molar-refractivity contribution in [2.24, 2.45) is 5.73 Å². The number of hydrogen-bond acceptors (Lipinski definition) is 4. The summed E-state index contributed by atoms with van der Waals surface area (Å²) >= 11 is 0. The maximum atomic E-state index is 11.6. The fourth-order valence-electron chi connectivity index (χ4n) is 1.77. The summed E-state index contributed by atoms with van der Waals surface area (Å²) in [7, 11) is 0. The molecule has 1 unspecified atom stereocenters. The van der Waals surface area contributed by atoms with E-state index < -0.39 is 17.9 Å². The Morgan fingerprint density at radius 2 is 2.11 bits per heavy atom. The first-order chi connectivity index (χ1) is 8.56. The van der Waals surface area contributed by atoms with Gasteiger partial charge in [0, 0.05) is 5.69 Å². The largest absolute Gasteiger partial charge is 0.481 e. The number of carbonyl (C=O) groups excluding carboxylic acids is 1. The molecule has 1 atom stereocenters. The highest BCUT2D eigenvalue weighted by molar-refractivity contribution is 5.96. The highest BCUT2D eigenvalue weighted by Crippen LogP contribution is 2.23. The zero-order chi connectivity index (χ0) is 13.1. The molecule has 0 radical (unpaired) electrons. The number of nitrogens with one attached hydrogen (secondary N) is 1. The average Bonchev–Trinajstić information content (AvgIpc) is 2.75. The van der Waals surface area contributed by atoms with Crippen LogP contribution in [0.1, 0.15) is 17.5 Å². The molecular weight excluding hydrogens is 236 g/mol. The van der Waals surface area contributed by atoms with Crippen LogP contribution >= 0.6 is 0 Å². The van der Waals surface area contributed by atoms with Gasteiger partial charge in [-0.15, -0.1) is 0 Å². The summed E-state index contributed by atoms with van der Waals surface area (Å²) in [5.41, 5.74) is 8.19. The van der Waals surface area contributed by atoms with Gasteiger partial charge in [-0.05, 0) is 23.3 Å². The first-order valence-electron chi connectivity index (χ1n) is 5.54. The maximum absolute atomic E-state index is 11.6. The van der Waals surface area contributed by atoms with Crippen LogP contribution in [0.5, 0.6) is 0 Å². The Morgan fingerprint density at radius 3 is 2.83 bits per heavy atom. The minimum Gasteiger partial charge on any atom is -0.481 e. The zero-order valence-electron chi connectivity index (χ0n) is 9.68. The van der Waals surface area contributed by atoms with Crippen molar-refractivity contribution in [3.8, 4) is 0 Å². The number of rotatable bonds is 4. The SMILES string of the molecule is NC(CC(=O)O)C(=O)Nc1ccc2c(c1)COC2. The molecule has 0 aromatic heterocycles. The molecule has 1 heterocycles. The molecule has 1 aromatic rings. The van der Waals surface area contributed by atoms with E-state index in [0.717, 1.165) is 11.1 Å². The van der Waals surface area contributed by atoms with Crippen LogP contribution in [0.15, 0.2) is 18.2 Å². The van der Waals surface area contributed by atoms with Gasteiger partial charge in [0.1, 0.15) is 0 Å². The molecule has 0 bridgehead atoms. The minimum absolute atomic E-state index is 0.389. The van der Waals surface area contributed by atoms with Crippen molar-refractivity contribution >= 4 is 17.6 Å². The standard InChI is InChI=1S/C12H14N2O4/c13-10(4-11(15)16)12(17)14-9-2-1-7-5-18-6-8(7)3-9/h1-3,10H,4-6,13H2,(H,14,17)(H,15,16). The molecule has 6 nitrogen and oxygen atoms in total. The summed E-state index contributed by atoms with van der Waals surface area (Å²) in [4.78, 5) is 22.1. The third-order valence-electron chi connectivity index (χ3n) is 2.72. The lowest BCUT2D eigenvalue weighted by Crippen LogP contribution is -2.37. The molecule has 1 aliphatic rings. The van der Waals surface area contributed by atoms with Gasteiger partial charge in [0.05, 0.1) is 25.7 Å². The lowest BCUT2D eigenvalue weighted by atomic mass is 10.1. The molecule has 1 amide bonds. The van der Waals surface area contributed by atoms with Gasteiger partial charge in [0.25, 0.3) is 0 Å². The molecule has 2 rings (SSSR count). The van der Waals surface area contributed by atoms with Crippen molar-refractivity contribution in [3.63, 3.8) is 0 Å². The van der Waals surface area contributed by atoms with E-state index in [0.29, 0.717) is 18.9 Å². The second kappa shape index (κ2) is 5.16. The van der Waals surface area contributed by atoms with E-state index in [4.69, 9.17) is 15.6 Å². The van der Waals surface area contributed by atoms with E-state index in [1.807, 2.05) is 12.1 Å². The van der Waals surface area contributed by atoms with Crippen LogP contribution in [-0.2, 0) is 27.5 Å². The zero-order valence-corrected chi connectivity index (χ0v) is 9.68. The van der Waals surface area contributed by atoms with Gasteiger partial charge in [-0.25, -0.2) is 0 Å². The Morgan fingerprint density at radius 1 is 1.39 bits per heavy atom. The second-order valence-corrected chi connectivity index (χ2v) is 4.17. The number of ether oxygens (including phenoxy) is 1. The molecule has 0 fully saturated rings. The van der Waals surface area contributed by atoms with Crippen LogP contribution in [0, 0.1) is 0 Å². The number of fused-ring (bicyclic) bond motifs is 1. The summed E-state index contributed by atoms with van der Waals surface area (Å²) in [5.74, 6) is -1.60. The Kier molecular flexibility index (Phi) is 3.59. The van der Waals surface area contributed by atoms with Crippen molar-refractivity contribution in [2.75, 3.05) is 5.32 Å². The van der Waals surface area contributed by atoms with Crippen molar-refractivity contribution in [1.82, 2.24) is 0 Å². The van der Waals surface area contributed by atoms with Gasteiger partial charge in [-0.3, -0.25) is 9.59 Å². The fraction of sp³-hybridized carbons (Fsp3) is 0.333. The third-order valence-corrected chi connectivity index (χ3v) is 2.72. The van der Waals surface area contributed by atoms with Gasteiger partial charge in [0.2, 0.25) is 5.91 Å². The quantitative estimate of drug-likeness (QED) is 0.720. The number of anilines is 1. The van der Waals surface area contributed by atoms with Crippen LogP contribution < -0.4 is 11.1 Å². The number of aliphatic carboxylic acids is 1. The van der Waals surface area contributed by atoms with E-state index in [1.54, 1.807) is 6.07 Å². The number of carboxylic acids is 1. The summed E-state index contributed by atoms with van der Waals surface area (Å²) in [6.45, 7) is 1.11. The van der Waals surface area contributed by atoms with E-state index in [2.05, 4.69) is 5.32 Å². The van der Waals surface area contributed by atoms with Crippen molar-refractivity contribution in [3.05, 3.63) is 29.3 Å². The summed E-state index contributed by atoms with van der Waals surface area (Å²) in [6, 6.07) is 4.39. The summed E-state index contributed by atoms with van der Waals surface area (Å²) < 4.78 is 5.26. The van der Waals surface area contributed by atoms with Crippen LogP contribution in [0.3, 0.4) is 0 Å². The van der Waals surface area contributed by atoms with E-state index >= 15 is 0 Å². The Hall–Kier alpha value is -1.92. The Balaban J connectivity index is 2.01. The molecule has 0 saturated heterocycles. The third kappa shape index (κ3) is 2.85. The van der Waals surface area contributed by atoms with Crippen molar-refractivity contribution in [1.29, 1.82) is 0 Å². The monoisotopic (exact) mass is 250 g/mol. The number of nitrogens with two attached hydrogens (primary N) is 1. The average molecular weight is 250 g/mol. The molecule has 0 spiro atoms. The number of carboxylic acid groups (broad SMARTS) is 1. The van der Waals surface area contributed by atoms with Gasteiger partial charge < -0.3 is 20.9 Å². The maximum Gasteiger partial charge on any atom is 0.305 e. The molecule has 96 valence electrons. The topological polar surface area (TPSA) is 102 Å². The van der Waals surface area contributed by atoms with Gasteiger partial charge >= 0.3 is 5.97 Å². The number of carbonyl (C=O) groups is 2. The lowest BCUT2D eigenvalue weighted by Gasteiger charge is -2.11. The second-order valence-electron chi connectivity index (χ2n) is 4.17. The lowest BCUT2D eigenvalue weighted by molar-refractivity contribution is -0.138. The fourth-order valence-corrected chi connectivity index (χ4v) is 1.77. The minimum atomic E-state index is -1.10. The van der Waals surface area contributed by atoms with Gasteiger partial charge in [-0.1, -0.05) is 6.07 Å². The molecule has 1 aromatic carbocycles. The molecule has 4 N–H and O–H groups in total. The highest BCUT2D eigenvalue weighted by Gasteiger charge is 2.18. The number of amides is 1. The van der Waals surface area contributed by atoms with Crippen molar-refractivity contribution < 1.29 is 19.4 Å². The van der Waals surface area contributed by atoms with E-state index in [-0.39, 0.29) is 6.42 Å². The molecule has 1 aliphatic heterocycles. The molecular formula is C12H14N2O4. The summed E-state index contributed by atoms with van der Waals surface area (Å²) in [5, 5.41) is 11.1. The number of benzene rings is 1. The van der Waals surface area contributed by atoms with E-state index in [9.17, 15) is 9.59 Å². The Bertz CT molecular complexity index is 487. The first-order valence-corrected chi connectivity index (χ1v) is 5.54. The highest BCUT2D eigenvalue weighted by atomic mass is 16.5. The normalized spacial score (nSPS) is 14.9. The first kappa shape index (κ1) is 12.5. The molecule has 18 heavy (non-hydrogen) atoms. The van der Waals surface area contributed by atoms with Gasteiger partial charge in [0.15, 0.2) is 0 Å². The number of hydrogen-bond donors (Lipinski definition) is 3. The molecule has 0 saturated carbocycles. The van der Waals surface area contributed by atoms with Gasteiger partial charge in [-0.2, -0.15) is 0 Å². The van der Waals surface area contributed by atoms with Crippen LogP contribution in [0.25, 0.3) is 0 Å². The predicted octanol–water partition coefficient (Wildman–Crippen LogP) is 0.457.